The third-order valence-corrected chi connectivity index (χ3v) is 5.08. The molecule has 0 aliphatic heterocycles. The van der Waals surface area contributed by atoms with Crippen molar-refractivity contribution in [1.29, 1.82) is 0 Å². The number of carbonyl (C=O) groups is 2. The fraction of sp³-hybridized carbons (Fsp3) is 0.0741. The normalized spacial score (nSPS) is 11.2. The molecule has 2 amide bonds. The zero-order valence-corrected chi connectivity index (χ0v) is 18.3. The topological polar surface area (TPSA) is 80.3 Å². The van der Waals surface area contributed by atoms with Crippen LogP contribution in [0, 0.1) is 6.92 Å². The Kier molecular flexibility index (Phi) is 6.45. The molecule has 0 radical (unpaired) electrons. The largest absolute Gasteiger partial charge is 0.497 e. The van der Waals surface area contributed by atoms with E-state index in [0.717, 1.165) is 16.5 Å². The van der Waals surface area contributed by atoms with Crippen LogP contribution in [0.5, 0.6) is 5.75 Å². The second kappa shape index (κ2) is 9.78. The number of pyridine rings is 1. The fourth-order valence-electron chi connectivity index (χ4n) is 3.40. The minimum Gasteiger partial charge on any atom is -0.497 e. The molecule has 33 heavy (non-hydrogen) atoms. The maximum atomic E-state index is 13.3. The smallest absolute Gasteiger partial charge is 0.272 e. The molecule has 0 unspecified atom stereocenters. The van der Waals surface area contributed by atoms with E-state index in [4.69, 9.17) is 4.74 Å². The monoisotopic (exact) mass is 437 g/mol. The number of aryl methyl sites for hydroxylation is 1. The average molecular weight is 437 g/mol. The van der Waals surface area contributed by atoms with Crippen LogP contribution in [0.15, 0.2) is 90.8 Å². The highest BCUT2D eigenvalue weighted by atomic mass is 16.5. The Labute approximate surface area is 191 Å². The summed E-state index contributed by atoms with van der Waals surface area (Å²) in [7, 11) is 1.59. The predicted molar refractivity (Wildman–Crippen MR) is 130 cm³/mol. The van der Waals surface area contributed by atoms with Gasteiger partial charge in [-0.05, 0) is 55.0 Å². The van der Waals surface area contributed by atoms with Gasteiger partial charge in [-0.25, -0.2) is 0 Å². The van der Waals surface area contributed by atoms with Crippen molar-refractivity contribution in [2.45, 2.75) is 6.92 Å². The minimum absolute atomic E-state index is 0.111. The molecule has 0 spiro atoms. The van der Waals surface area contributed by atoms with Crippen LogP contribution >= 0.6 is 0 Å². The Hall–Kier alpha value is -4.45. The highest BCUT2D eigenvalue weighted by Gasteiger charge is 2.16. The summed E-state index contributed by atoms with van der Waals surface area (Å²) < 4.78 is 5.20. The molecule has 1 aromatic heterocycles. The number of para-hydroxylation sites is 1. The lowest BCUT2D eigenvalue weighted by molar-refractivity contribution is -0.113. The molecule has 6 nitrogen and oxygen atoms in total. The van der Waals surface area contributed by atoms with Crippen LogP contribution in [0.2, 0.25) is 0 Å². The van der Waals surface area contributed by atoms with E-state index in [-0.39, 0.29) is 11.6 Å². The number of benzene rings is 3. The molecule has 4 aromatic rings. The molecule has 1 heterocycles. The van der Waals surface area contributed by atoms with Gasteiger partial charge in [0.2, 0.25) is 0 Å². The highest BCUT2D eigenvalue weighted by Crippen LogP contribution is 2.22. The van der Waals surface area contributed by atoms with Crippen LogP contribution in [0.1, 0.15) is 21.5 Å². The Balaban J connectivity index is 1.66. The number of fused-ring (bicyclic) bond motifs is 1. The van der Waals surface area contributed by atoms with Crippen LogP contribution in [0.25, 0.3) is 17.0 Å². The SMILES string of the molecule is COc1ccc(C=C(NC(=O)c2cccc(C)c2)C(=O)Nc2cccc3cccnc23)cc1. The lowest BCUT2D eigenvalue weighted by atomic mass is 10.1. The standard InChI is InChI=1S/C27H23N3O3/c1-18-6-3-8-21(16-18)26(31)30-24(17-19-11-13-22(33-2)14-12-19)27(32)29-23-10-4-7-20-9-5-15-28-25(20)23/h3-17H,1-2H3,(H,29,32)(H,30,31). The third kappa shape index (κ3) is 5.25. The molecule has 3 aromatic carbocycles. The Morgan fingerprint density at radius 3 is 2.45 bits per heavy atom. The number of rotatable bonds is 6. The van der Waals surface area contributed by atoms with E-state index in [2.05, 4.69) is 15.6 Å². The van der Waals surface area contributed by atoms with Crippen molar-refractivity contribution in [3.05, 3.63) is 107 Å². The van der Waals surface area contributed by atoms with E-state index in [9.17, 15) is 9.59 Å². The van der Waals surface area contributed by atoms with Gasteiger partial charge in [-0.1, -0.05) is 48.0 Å². The van der Waals surface area contributed by atoms with Gasteiger partial charge in [0.1, 0.15) is 11.4 Å². The first kappa shape index (κ1) is 21.8. The van der Waals surface area contributed by atoms with Crippen molar-refractivity contribution in [3.63, 3.8) is 0 Å². The lowest BCUT2D eigenvalue weighted by Gasteiger charge is -2.13. The summed E-state index contributed by atoms with van der Waals surface area (Å²) in [5, 5.41) is 6.55. The van der Waals surface area contributed by atoms with Gasteiger partial charge in [0.15, 0.2) is 0 Å². The van der Waals surface area contributed by atoms with Gasteiger partial charge in [0.25, 0.3) is 11.8 Å². The van der Waals surface area contributed by atoms with Crippen molar-refractivity contribution in [2.24, 2.45) is 0 Å². The quantitative estimate of drug-likeness (QED) is 0.418. The van der Waals surface area contributed by atoms with Gasteiger partial charge in [0.05, 0.1) is 18.3 Å². The Morgan fingerprint density at radius 2 is 1.70 bits per heavy atom. The van der Waals surface area contributed by atoms with E-state index < -0.39 is 5.91 Å². The van der Waals surface area contributed by atoms with Gasteiger partial charge in [-0.2, -0.15) is 0 Å². The van der Waals surface area contributed by atoms with Crippen LogP contribution in [-0.4, -0.2) is 23.9 Å². The molecule has 2 N–H and O–H groups in total. The molecule has 164 valence electrons. The first-order valence-corrected chi connectivity index (χ1v) is 10.4. The van der Waals surface area contributed by atoms with Crippen LogP contribution in [0.3, 0.4) is 0 Å². The van der Waals surface area contributed by atoms with E-state index in [1.165, 1.54) is 0 Å². The summed E-state index contributed by atoms with van der Waals surface area (Å²) in [6.45, 7) is 1.91. The number of hydrogen-bond donors (Lipinski definition) is 2. The summed E-state index contributed by atoms with van der Waals surface area (Å²) in [4.78, 5) is 30.6. The summed E-state index contributed by atoms with van der Waals surface area (Å²) in [5.41, 5.74) is 3.50. The Bertz CT molecular complexity index is 1340. The number of anilines is 1. The molecular weight excluding hydrogens is 414 g/mol. The lowest BCUT2D eigenvalue weighted by Crippen LogP contribution is -2.30. The van der Waals surface area contributed by atoms with Gasteiger partial charge in [-0.3, -0.25) is 14.6 Å². The molecule has 4 rings (SSSR count). The van der Waals surface area contributed by atoms with Crippen molar-refractivity contribution in [1.82, 2.24) is 10.3 Å². The zero-order valence-electron chi connectivity index (χ0n) is 18.3. The second-order valence-electron chi connectivity index (χ2n) is 7.49. The average Bonchev–Trinajstić information content (AvgIpc) is 2.84. The maximum absolute atomic E-state index is 13.3. The summed E-state index contributed by atoms with van der Waals surface area (Å²) in [5.74, 6) is -0.126. The number of nitrogens with zero attached hydrogens (tertiary/aromatic N) is 1. The van der Waals surface area contributed by atoms with Crippen molar-refractivity contribution < 1.29 is 14.3 Å². The number of amides is 2. The number of ether oxygens (including phenoxy) is 1. The van der Waals surface area contributed by atoms with Crippen LogP contribution in [0.4, 0.5) is 5.69 Å². The van der Waals surface area contributed by atoms with Crippen molar-refractivity contribution in [2.75, 3.05) is 12.4 Å². The number of carbonyl (C=O) groups excluding carboxylic acids is 2. The van der Waals surface area contributed by atoms with Crippen molar-refractivity contribution in [3.8, 4) is 5.75 Å². The first-order chi connectivity index (χ1) is 16.0. The Morgan fingerprint density at radius 1 is 0.939 bits per heavy atom. The summed E-state index contributed by atoms with van der Waals surface area (Å²) >= 11 is 0. The van der Waals surface area contributed by atoms with E-state index in [0.29, 0.717) is 22.5 Å². The highest BCUT2D eigenvalue weighted by molar-refractivity contribution is 6.12. The van der Waals surface area contributed by atoms with Crippen LogP contribution < -0.4 is 15.4 Å². The van der Waals surface area contributed by atoms with Crippen LogP contribution in [-0.2, 0) is 4.79 Å². The molecule has 0 fully saturated rings. The van der Waals surface area contributed by atoms with Crippen molar-refractivity contribution >= 4 is 34.5 Å². The van der Waals surface area contributed by atoms with E-state index >= 15 is 0 Å². The molecule has 0 saturated carbocycles. The first-order valence-electron chi connectivity index (χ1n) is 10.4. The second-order valence-corrected chi connectivity index (χ2v) is 7.49. The molecule has 0 atom stereocenters. The van der Waals surface area contributed by atoms with E-state index in [1.54, 1.807) is 55.8 Å². The van der Waals surface area contributed by atoms with Gasteiger partial charge >= 0.3 is 0 Å². The van der Waals surface area contributed by atoms with Gasteiger partial charge in [0, 0.05) is 17.1 Å². The number of hydrogen-bond acceptors (Lipinski definition) is 4. The molecule has 0 aliphatic carbocycles. The molecule has 6 heteroatoms. The zero-order chi connectivity index (χ0) is 23.2. The molecular formula is C27H23N3O3. The number of aromatic nitrogens is 1. The minimum atomic E-state index is -0.454. The van der Waals surface area contributed by atoms with E-state index in [1.807, 2.05) is 49.4 Å². The maximum Gasteiger partial charge on any atom is 0.272 e. The fourth-order valence-corrected chi connectivity index (χ4v) is 3.40. The number of nitrogens with one attached hydrogen (secondary N) is 2. The molecule has 0 bridgehead atoms. The summed E-state index contributed by atoms with van der Waals surface area (Å²) in [6.07, 6.45) is 3.30. The van der Waals surface area contributed by atoms with Gasteiger partial charge in [-0.15, -0.1) is 0 Å². The predicted octanol–water partition coefficient (Wildman–Crippen LogP) is 4.96. The summed E-state index contributed by atoms with van der Waals surface area (Å²) in [6, 6.07) is 23.7. The molecule has 0 saturated heterocycles. The van der Waals surface area contributed by atoms with Gasteiger partial charge < -0.3 is 15.4 Å². The number of methoxy groups -OCH3 is 1. The molecule has 0 aliphatic rings. The third-order valence-electron chi connectivity index (χ3n) is 5.08.